The molecule has 21 heavy (non-hydrogen) atoms. The SMILES string of the molecule is CC(CNC(=O)c1ccc(C(N)=S)cc1)N1CCCCC1. The predicted molar refractivity (Wildman–Crippen MR) is 89.5 cm³/mol. The summed E-state index contributed by atoms with van der Waals surface area (Å²) < 4.78 is 0. The molecule has 0 bridgehead atoms. The first-order valence-corrected chi connectivity index (χ1v) is 7.91. The molecule has 5 heteroatoms. The summed E-state index contributed by atoms with van der Waals surface area (Å²) in [5.74, 6) is -0.0478. The fraction of sp³-hybridized carbons (Fsp3) is 0.500. The lowest BCUT2D eigenvalue weighted by Crippen LogP contribution is -2.44. The first-order valence-electron chi connectivity index (χ1n) is 7.50. The maximum Gasteiger partial charge on any atom is 0.251 e. The van der Waals surface area contributed by atoms with Gasteiger partial charge in [-0.3, -0.25) is 9.69 Å². The van der Waals surface area contributed by atoms with Crippen molar-refractivity contribution in [2.45, 2.75) is 32.2 Å². The molecule has 1 aliphatic rings. The molecule has 1 atom stereocenters. The van der Waals surface area contributed by atoms with Gasteiger partial charge in [0.1, 0.15) is 4.99 Å². The average Bonchev–Trinajstić information content (AvgIpc) is 2.53. The van der Waals surface area contributed by atoms with Gasteiger partial charge in [0.25, 0.3) is 5.91 Å². The van der Waals surface area contributed by atoms with Crippen LogP contribution in [0.1, 0.15) is 42.1 Å². The monoisotopic (exact) mass is 305 g/mol. The summed E-state index contributed by atoms with van der Waals surface area (Å²) in [6.07, 6.45) is 3.85. The molecule has 0 aliphatic carbocycles. The molecular formula is C16H23N3OS. The molecule has 0 spiro atoms. The Morgan fingerprint density at radius 1 is 1.24 bits per heavy atom. The second-order valence-electron chi connectivity index (χ2n) is 5.60. The number of hydrogen-bond acceptors (Lipinski definition) is 3. The van der Waals surface area contributed by atoms with Gasteiger partial charge >= 0.3 is 0 Å². The Hall–Kier alpha value is -1.46. The molecule has 4 nitrogen and oxygen atoms in total. The fourth-order valence-corrected chi connectivity index (χ4v) is 2.75. The number of benzene rings is 1. The van der Waals surface area contributed by atoms with Gasteiger partial charge in [0, 0.05) is 23.7 Å². The summed E-state index contributed by atoms with van der Waals surface area (Å²) in [4.78, 5) is 14.9. The fourth-order valence-electron chi connectivity index (χ4n) is 2.62. The van der Waals surface area contributed by atoms with Gasteiger partial charge in [0.15, 0.2) is 0 Å². The van der Waals surface area contributed by atoms with Gasteiger partial charge in [-0.15, -0.1) is 0 Å². The van der Waals surface area contributed by atoms with Crippen molar-refractivity contribution >= 4 is 23.1 Å². The second-order valence-corrected chi connectivity index (χ2v) is 6.04. The number of rotatable bonds is 5. The van der Waals surface area contributed by atoms with Crippen LogP contribution >= 0.6 is 12.2 Å². The van der Waals surface area contributed by atoms with Crippen molar-refractivity contribution in [2.75, 3.05) is 19.6 Å². The summed E-state index contributed by atoms with van der Waals surface area (Å²) in [5, 5.41) is 3.00. The summed E-state index contributed by atoms with van der Waals surface area (Å²) in [6, 6.07) is 7.46. The summed E-state index contributed by atoms with van der Waals surface area (Å²) in [5.41, 5.74) is 6.97. The van der Waals surface area contributed by atoms with Gasteiger partial charge in [-0.05, 0) is 45.0 Å². The lowest BCUT2D eigenvalue weighted by atomic mass is 10.1. The molecular weight excluding hydrogens is 282 g/mol. The number of thiocarbonyl (C=S) groups is 1. The smallest absolute Gasteiger partial charge is 0.251 e. The van der Waals surface area contributed by atoms with E-state index in [-0.39, 0.29) is 5.91 Å². The van der Waals surface area contributed by atoms with Crippen LogP contribution in [0, 0.1) is 0 Å². The average molecular weight is 305 g/mol. The molecule has 1 aliphatic heterocycles. The Labute approximate surface area is 131 Å². The van der Waals surface area contributed by atoms with E-state index in [2.05, 4.69) is 17.1 Å². The number of likely N-dealkylation sites (tertiary alicyclic amines) is 1. The van der Waals surface area contributed by atoms with Crippen LogP contribution in [-0.2, 0) is 0 Å². The Bertz CT molecular complexity index is 495. The molecule has 1 saturated heterocycles. The molecule has 0 saturated carbocycles. The van der Waals surface area contributed by atoms with Crippen molar-refractivity contribution < 1.29 is 4.79 Å². The van der Waals surface area contributed by atoms with E-state index in [0.29, 0.717) is 23.1 Å². The van der Waals surface area contributed by atoms with Crippen LogP contribution in [0.15, 0.2) is 24.3 Å². The number of nitrogens with one attached hydrogen (secondary N) is 1. The van der Waals surface area contributed by atoms with Crippen molar-refractivity contribution in [1.29, 1.82) is 0 Å². The van der Waals surface area contributed by atoms with Crippen LogP contribution in [0.25, 0.3) is 0 Å². The van der Waals surface area contributed by atoms with Gasteiger partial charge in [-0.2, -0.15) is 0 Å². The minimum atomic E-state index is -0.0478. The molecule has 3 N–H and O–H groups in total. The third kappa shape index (κ3) is 4.51. The number of carbonyl (C=O) groups excluding carboxylic acids is 1. The topological polar surface area (TPSA) is 58.4 Å². The van der Waals surface area contributed by atoms with Crippen LogP contribution in [0.4, 0.5) is 0 Å². The van der Waals surface area contributed by atoms with Crippen molar-refractivity contribution in [2.24, 2.45) is 5.73 Å². The number of nitrogens with zero attached hydrogens (tertiary/aromatic N) is 1. The molecule has 0 aromatic heterocycles. The summed E-state index contributed by atoms with van der Waals surface area (Å²) >= 11 is 4.90. The number of carbonyl (C=O) groups is 1. The summed E-state index contributed by atoms with van der Waals surface area (Å²) in [7, 11) is 0. The minimum Gasteiger partial charge on any atom is -0.389 e. The number of nitrogens with two attached hydrogens (primary N) is 1. The van der Waals surface area contributed by atoms with Crippen LogP contribution in [-0.4, -0.2) is 41.5 Å². The summed E-state index contributed by atoms with van der Waals surface area (Å²) in [6.45, 7) is 5.12. The van der Waals surface area contributed by atoms with E-state index < -0.39 is 0 Å². The van der Waals surface area contributed by atoms with Gasteiger partial charge < -0.3 is 11.1 Å². The zero-order chi connectivity index (χ0) is 15.2. The van der Waals surface area contributed by atoms with E-state index in [4.69, 9.17) is 18.0 Å². The van der Waals surface area contributed by atoms with Gasteiger partial charge in [0.05, 0.1) is 0 Å². The molecule has 1 unspecified atom stereocenters. The van der Waals surface area contributed by atoms with Crippen LogP contribution in [0.3, 0.4) is 0 Å². The van der Waals surface area contributed by atoms with E-state index in [1.54, 1.807) is 24.3 Å². The highest BCUT2D eigenvalue weighted by Crippen LogP contribution is 2.11. The lowest BCUT2D eigenvalue weighted by molar-refractivity contribution is 0.0930. The Kier molecular flexibility index (Phi) is 5.70. The van der Waals surface area contributed by atoms with E-state index >= 15 is 0 Å². The van der Waals surface area contributed by atoms with Crippen LogP contribution < -0.4 is 11.1 Å². The largest absolute Gasteiger partial charge is 0.389 e. The van der Waals surface area contributed by atoms with E-state index in [0.717, 1.165) is 18.7 Å². The standard InChI is InChI=1S/C16H23N3OS/c1-12(19-9-3-2-4-10-19)11-18-16(20)14-7-5-13(6-8-14)15(17)21/h5-8,12H,2-4,9-11H2,1H3,(H2,17,21)(H,18,20). The minimum absolute atomic E-state index is 0.0478. The van der Waals surface area contributed by atoms with Gasteiger partial charge in [-0.1, -0.05) is 30.8 Å². The van der Waals surface area contributed by atoms with Crippen molar-refractivity contribution in [1.82, 2.24) is 10.2 Å². The Balaban J connectivity index is 1.84. The first-order chi connectivity index (χ1) is 10.1. The predicted octanol–water partition coefficient (Wildman–Crippen LogP) is 1.93. The zero-order valence-corrected chi connectivity index (χ0v) is 13.3. The van der Waals surface area contributed by atoms with E-state index in [9.17, 15) is 4.79 Å². The lowest BCUT2D eigenvalue weighted by Gasteiger charge is -2.32. The molecule has 1 fully saturated rings. The highest BCUT2D eigenvalue weighted by Gasteiger charge is 2.17. The first kappa shape index (κ1) is 15.9. The Morgan fingerprint density at radius 3 is 2.38 bits per heavy atom. The van der Waals surface area contributed by atoms with Gasteiger partial charge in [0.2, 0.25) is 0 Å². The highest BCUT2D eigenvalue weighted by atomic mass is 32.1. The quantitative estimate of drug-likeness (QED) is 0.816. The van der Waals surface area contributed by atoms with Crippen LogP contribution in [0.5, 0.6) is 0 Å². The second kappa shape index (κ2) is 7.52. The molecule has 1 aromatic rings. The molecule has 1 aromatic carbocycles. The Morgan fingerprint density at radius 2 is 1.81 bits per heavy atom. The molecule has 2 rings (SSSR count). The third-order valence-electron chi connectivity index (χ3n) is 4.00. The third-order valence-corrected chi connectivity index (χ3v) is 4.24. The molecule has 114 valence electrons. The van der Waals surface area contributed by atoms with Crippen molar-refractivity contribution in [3.05, 3.63) is 35.4 Å². The van der Waals surface area contributed by atoms with Crippen LogP contribution in [0.2, 0.25) is 0 Å². The normalized spacial score (nSPS) is 17.2. The number of hydrogen-bond donors (Lipinski definition) is 2. The van der Waals surface area contributed by atoms with Gasteiger partial charge in [-0.25, -0.2) is 0 Å². The van der Waals surface area contributed by atoms with Crippen molar-refractivity contribution in [3.8, 4) is 0 Å². The maximum absolute atomic E-state index is 12.1. The molecule has 1 amide bonds. The van der Waals surface area contributed by atoms with E-state index in [1.807, 2.05) is 0 Å². The zero-order valence-electron chi connectivity index (χ0n) is 12.5. The number of amides is 1. The highest BCUT2D eigenvalue weighted by molar-refractivity contribution is 7.80. The van der Waals surface area contributed by atoms with Crippen molar-refractivity contribution in [3.63, 3.8) is 0 Å². The molecule has 1 heterocycles. The maximum atomic E-state index is 12.1. The number of piperidine rings is 1. The molecule has 0 radical (unpaired) electrons. The van der Waals surface area contributed by atoms with E-state index in [1.165, 1.54) is 19.3 Å².